The van der Waals surface area contributed by atoms with Crippen molar-refractivity contribution in [3.05, 3.63) is 24.3 Å². The predicted octanol–water partition coefficient (Wildman–Crippen LogP) is 2.53. The number of rotatable bonds is 3. The van der Waals surface area contributed by atoms with Gasteiger partial charge < -0.3 is 9.03 Å². The number of hydrogen-bond acceptors (Lipinski definition) is 3. The Balaban J connectivity index is 2.81. The van der Waals surface area contributed by atoms with Crippen LogP contribution in [0.4, 0.5) is 0 Å². The number of esters is 1. The van der Waals surface area contributed by atoms with E-state index in [2.05, 4.69) is 4.29 Å². The second-order valence-corrected chi connectivity index (χ2v) is 2.51. The molecule has 0 radical (unpaired) electrons. The van der Waals surface area contributed by atoms with Crippen molar-refractivity contribution in [1.29, 1.82) is 0 Å². The van der Waals surface area contributed by atoms with Crippen LogP contribution in [0, 0.1) is 0 Å². The van der Waals surface area contributed by atoms with Crippen LogP contribution in [0.5, 0.6) is 11.5 Å². The normalized spacial score (nSPS) is 9.38. The monoisotopic (exact) mass is 200 g/mol. The van der Waals surface area contributed by atoms with E-state index in [-0.39, 0.29) is 5.97 Å². The number of para-hydroxylation sites is 2. The van der Waals surface area contributed by atoms with Gasteiger partial charge in [0.05, 0.1) is 0 Å². The van der Waals surface area contributed by atoms with Crippen molar-refractivity contribution in [1.82, 2.24) is 0 Å². The summed E-state index contributed by atoms with van der Waals surface area (Å²) in [7, 11) is 0. The predicted molar refractivity (Wildman–Crippen MR) is 48.8 cm³/mol. The maximum atomic E-state index is 10.9. The molecule has 0 amide bonds. The van der Waals surface area contributed by atoms with Gasteiger partial charge in [0.2, 0.25) is 0 Å². The van der Waals surface area contributed by atoms with Gasteiger partial charge in [0, 0.05) is 6.42 Å². The van der Waals surface area contributed by atoms with Crippen molar-refractivity contribution in [3.63, 3.8) is 0 Å². The van der Waals surface area contributed by atoms with Crippen molar-refractivity contribution >= 4 is 17.8 Å². The van der Waals surface area contributed by atoms with E-state index in [1.54, 1.807) is 31.2 Å². The molecule has 0 aromatic heterocycles. The fraction of sp³-hybridized carbons (Fsp3) is 0.222. The molecule has 0 unspecified atom stereocenters. The molecule has 1 aromatic carbocycles. The zero-order valence-electron chi connectivity index (χ0n) is 7.12. The summed E-state index contributed by atoms with van der Waals surface area (Å²) in [6, 6.07) is 6.70. The third kappa shape index (κ3) is 2.63. The van der Waals surface area contributed by atoms with Crippen LogP contribution >= 0.6 is 11.9 Å². The first kappa shape index (κ1) is 9.86. The van der Waals surface area contributed by atoms with E-state index in [1.807, 2.05) is 0 Å². The number of carbonyl (C=O) groups excluding carboxylic acids is 1. The van der Waals surface area contributed by atoms with Gasteiger partial charge in [-0.1, -0.05) is 19.1 Å². The topological polar surface area (TPSA) is 35.5 Å². The molecule has 70 valence electrons. The van der Waals surface area contributed by atoms with E-state index < -0.39 is 0 Å². The zero-order valence-corrected chi connectivity index (χ0v) is 7.88. The quantitative estimate of drug-likeness (QED) is 0.556. The Morgan fingerprint density at radius 3 is 2.54 bits per heavy atom. The number of ether oxygens (including phenoxy) is 1. The molecule has 0 aliphatic heterocycles. The molecule has 1 aromatic rings. The lowest BCUT2D eigenvalue weighted by molar-refractivity contribution is -0.134. The Labute approximate surface area is 81.4 Å². The zero-order chi connectivity index (χ0) is 9.68. The Kier molecular flexibility index (Phi) is 3.58. The molecule has 0 N–H and O–H groups in total. The molecule has 1 rings (SSSR count). The average molecular weight is 201 g/mol. The fourth-order valence-electron chi connectivity index (χ4n) is 0.793. The van der Waals surface area contributed by atoms with E-state index in [4.69, 9.17) is 16.6 Å². The Bertz CT molecular complexity index is 299. The van der Waals surface area contributed by atoms with Gasteiger partial charge in [-0.15, -0.1) is 0 Å². The van der Waals surface area contributed by atoms with Crippen molar-refractivity contribution in [2.45, 2.75) is 13.3 Å². The molecule has 3 nitrogen and oxygen atoms in total. The van der Waals surface area contributed by atoms with Gasteiger partial charge in [0.25, 0.3) is 0 Å². The van der Waals surface area contributed by atoms with Crippen molar-refractivity contribution in [2.75, 3.05) is 0 Å². The third-order valence-electron chi connectivity index (χ3n) is 1.44. The van der Waals surface area contributed by atoms with E-state index in [9.17, 15) is 4.79 Å². The summed E-state index contributed by atoms with van der Waals surface area (Å²) in [6.07, 6.45) is 0.316. The first-order chi connectivity index (χ1) is 6.27. The molecule has 0 bridgehead atoms. The highest BCUT2D eigenvalue weighted by Gasteiger charge is 2.07. The SMILES string of the molecule is CCC(=O)Oc1ccccc1OCl. The maximum absolute atomic E-state index is 10.9. The smallest absolute Gasteiger partial charge is 0.311 e. The molecular weight excluding hydrogens is 192 g/mol. The van der Waals surface area contributed by atoms with Gasteiger partial charge in [-0.2, -0.15) is 0 Å². The van der Waals surface area contributed by atoms with Crippen molar-refractivity contribution in [2.24, 2.45) is 0 Å². The van der Waals surface area contributed by atoms with Gasteiger partial charge in [-0.3, -0.25) is 4.79 Å². The van der Waals surface area contributed by atoms with Crippen LogP contribution in [0.3, 0.4) is 0 Å². The van der Waals surface area contributed by atoms with E-state index in [1.165, 1.54) is 0 Å². The summed E-state index contributed by atoms with van der Waals surface area (Å²) in [5.41, 5.74) is 0. The standard InChI is InChI=1S/C9H9ClO3/c1-2-9(11)12-7-5-3-4-6-8(7)13-10/h3-6H,2H2,1H3. The van der Waals surface area contributed by atoms with E-state index >= 15 is 0 Å². The highest BCUT2D eigenvalue weighted by Crippen LogP contribution is 2.27. The Hall–Kier alpha value is -1.22. The fourth-order valence-corrected chi connectivity index (χ4v) is 0.921. The summed E-state index contributed by atoms with van der Waals surface area (Å²) in [5.74, 6) is 0.358. The van der Waals surface area contributed by atoms with Crippen LogP contribution in [-0.4, -0.2) is 5.97 Å². The van der Waals surface area contributed by atoms with Crippen LogP contribution in [0.1, 0.15) is 13.3 Å². The number of carbonyl (C=O) groups is 1. The lowest BCUT2D eigenvalue weighted by atomic mass is 10.3. The van der Waals surface area contributed by atoms with Gasteiger partial charge >= 0.3 is 5.97 Å². The molecule has 0 spiro atoms. The highest BCUT2D eigenvalue weighted by molar-refractivity contribution is 6.09. The third-order valence-corrected chi connectivity index (χ3v) is 1.61. The summed E-state index contributed by atoms with van der Waals surface area (Å²) >= 11 is 5.17. The first-order valence-corrected chi connectivity index (χ1v) is 4.17. The van der Waals surface area contributed by atoms with Gasteiger partial charge in [0.15, 0.2) is 11.5 Å². The van der Waals surface area contributed by atoms with Crippen LogP contribution in [0.2, 0.25) is 0 Å². The van der Waals surface area contributed by atoms with Crippen LogP contribution < -0.4 is 9.03 Å². The van der Waals surface area contributed by atoms with Gasteiger partial charge in [-0.05, 0) is 12.1 Å². The van der Waals surface area contributed by atoms with Crippen LogP contribution in [-0.2, 0) is 4.79 Å². The maximum Gasteiger partial charge on any atom is 0.311 e. The van der Waals surface area contributed by atoms with E-state index in [0.29, 0.717) is 17.9 Å². The summed E-state index contributed by atoms with van der Waals surface area (Å²) in [5, 5.41) is 0. The van der Waals surface area contributed by atoms with Crippen LogP contribution in [0.15, 0.2) is 24.3 Å². The average Bonchev–Trinajstić information content (AvgIpc) is 2.18. The molecule has 0 aliphatic carbocycles. The minimum absolute atomic E-state index is 0.316. The summed E-state index contributed by atoms with van der Waals surface area (Å²) in [6.45, 7) is 1.71. The number of hydrogen-bond donors (Lipinski definition) is 0. The molecule has 0 fully saturated rings. The molecular formula is C9H9ClO3. The molecule has 4 heteroatoms. The second kappa shape index (κ2) is 4.72. The lowest BCUT2D eigenvalue weighted by Gasteiger charge is -2.05. The summed E-state index contributed by atoms with van der Waals surface area (Å²) in [4.78, 5) is 10.9. The molecule has 0 saturated carbocycles. The number of benzene rings is 1. The minimum atomic E-state index is -0.318. The lowest BCUT2D eigenvalue weighted by Crippen LogP contribution is -2.05. The molecule has 0 atom stereocenters. The van der Waals surface area contributed by atoms with Crippen LogP contribution in [0.25, 0.3) is 0 Å². The molecule has 13 heavy (non-hydrogen) atoms. The largest absolute Gasteiger partial charge is 0.422 e. The molecule has 0 saturated heterocycles. The highest BCUT2D eigenvalue weighted by atomic mass is 35.5. The molecule has 0 heterocycles. The van der Waals surface area contributed by atoms with Crippen molar-refractivity contribution in [3.8, 4) is 11.5 Å². The Morgan fingerprint density at radius 2 is 2.00 bits per heavy atom. The first-order valence-electron chi connectivity index (χ1n) is 3.86. The van der Waals surface area contributed by atoms with Crippen molar-refractivity contribution < 1.29 is 13.8 Å². The second-order valence-electron chi connectivity index (χ2n) is 2.35. The van der Waals surface area contributed by atoms with E-state index in [0.717, 1.165) is 0 Å². The van der Waals surface area contributed by atoms with Gasteiger partial charge in [-0.25, -0.2) is 0 Å². The summed E-state index contributed by atoms with van der Waals surface area (Å²) < 4.78 is 9.42. The van der Waals surface area contributed by atoms with Gasteiger partial charge in [0.1, 0.15) is 11.9 Å². The minimum Gasteiger partial charge on any atom is -0.422 e. The Morgan fingerprint density at radius 1 is 1.38 bits per heavy atom. The number of halogens is 1. The molecule has 0 aliphatic rings.